The van der Waals surface area contributed by atoms with Crippen molar-refractivity contribution in [2.45, 2.75) is 4.90 Å². The molecule has 24 heavy (non-hydrogen) atoms. The van der Waals surface area contributed by atoms with Gasteiger partial charge in [-0.1, -0.05) is 18.2 Å². The molecule has 10 heteroatoms. The summed E-state index contributed by atoms with van der Waals surface area (Å²) in [5, 5.41) is 25.4. The Morgan fingerprint density at radius 2 is 1.79 bits per heavy atom. The van der Waals surface area contributed by atoms with Gasteiger partial charge in [-0.05, 0) is 18.2 Å². The molecule has 0 unspecified atom stereocenters. The van der Waals surface area contributed by atoms with Crippen LogP contribution in [0.15, 0.2) is 47.4 Å². The second-order valence-electron chi connectivity index (χ2n) is 4.74. The standard InChI is InChI=1S/C14H15N3O6S/c18-7-6-15-11-8-12(16-10-4-2-1-3-5-10)14(24(21,22)23)9-13(11)17(19)20/h1-5,8-9,15-16,18H,6-7H2,(H,21,22,23). The number of nitro benzene ring substituents is 1. The summed E-state index contributed by atoms with van der Waals surface area (Å²) in [5.41, 5.74) is -0.0198. The third kappa shape index (κ3) is 4.19. The van der Waals surface area contributed by atoms with Gasteiger partial charge in [0.15, 0.2) is 0 Å². The molecule has 2 aromatic rings. The van der Waals surface area contributed by atoms with E-state index >= 15 is 0 Å². The van der Waals surface area contributed by atoms with Gasteiger partial charge in [-0.2, -0.15) is 8.42 Å². The molecule has 9 nitrogen and oxygen atoms in total. The molecule has 128 valence electrons. The second kappa shape index (κ2) is 7.25. The smallest absolute Gasteiger partial charge is 0.296 e. The number of rotatable bonds is 7. The van der Waals surface area contributed by atoms with Crippen molar-refractivity contribution in [3.63, 3.8) is 0 Å². The Labute approximate surface area is 137 Å². The van der Waals surface area contributed by atoms with Crippen molar-refractivity contribution in [2.75, 3.05) is 23.8 Å². The molecule has 0 heterocycles. The van der Waals surface area contributed by atoms with Gasteiger partial charge in [0.1, 0.15) is 10.6 Å². The number of nitrogens with one attached hydrogen (secondary N) is 2. The molecule has 0 saturated carbocycles. The van der Waals surface area contributed by atoms with Crippen LogP contribution in [0.2, 0.25) is 0 Å². The fraction of sp³-hybridized carbons (Fsp3) is 0.143. The lowest BCUT2D eigenvalue weighted by Gasteiger charge is -2.13. The molecule has 0 aliphatic carbocycles. The number of hydrogen-bond acceptors (Lipinski definition) is 7. The monoisotopic (exact) mass is 353 g/mol. The van der Waals surface area contributed by atoms with Gasteiger partial charge in [0.05, 0.1) is 17.2 Å². The number of para-hydroxylation sites is 1. The predicted octanol–water partition coefficient (Wildman–Crippen LogP) is 1.99. The lowest BCUT2D eigenvalue weighted by molar-refractivity contribution is -0.384. The third-order valence-electron chi connectivity index (χ3n) is 3.05. The van der Waals surface area contributed by atoms with Crippen LogP contribution in [0.1, 0.15) is 0 Å². The van der Waals surface area contributed by atoms with E-state index in [0.717, 1.165) is 6.07 Å². The van der Waals surface area contributed by atoms with Crippen molar-refractivity contribution in [1.82, 2.24) is 0 Å². The largest absolute Gasteiger partial charge is 0.395 e. The maximum Gasteiger partial charge on any atom is 0.296 e. The van der Waals surface area contributed by atoms with Gasteiger partial charge in [0, 0.05) is 18.3 Å². The summed E-state index contributed by atoms with van der Waals surface area (Å²) in [7, 11) is -4.69. The summed E-state index contributed by atoms with van der Waals surface area (Å²) in [6.45, 7) is -0.227. The van der Waals surface area contributed by atoms with Crippen LogP contribution in [0.4, 0.5) is 22.7 Å². The summed E-state index contributed by atoms with van der Waals surface area (Å²) >= 11 is 0. The van der Waals surface area contributed by atoms with Gasteiger partial charge in [0.2, 0.25) is 0 Å². The molecule has 0 aliphatic heterocycles. The Bertz CT molecular complexity index is 839. The molecular formula is C14H15N3O6S. The van der Waals surface area contributed by atoms with Crippen LogP contribution in [0.5, 0.6) is 0 Å². The van der Waals surface area contributed by atoms with E-state index < -0.39 is 25.6 Å². The number of nitrogens with zero attached hydrogens (tertiary/aromatic N) is 1. The highest BCUT2D eigenvalue weighted by molar-refractivity contribution is 7.86. The zero-order chi connectivity index (χ0) is 17.7. The molecule has 0 bridgehead atoms. The van der Waals surface area contributed by atoms with Crippen LogP contribution in [0, 0.1) is 10.1 Å². The highest BCUT2D eigenvalue weighted by Crippen LogP contribution is 2.35. The molecule has 0 atom stereocenters. The number of anilines is 3. The minimum absolute atomic E-state index is 0.0138. The van der Waals surface area contributed by atoms with E-state index in [-0.39, 0.29) is 24.5 Å². The van der Waals surface area contributed by atoms with Crippen molar-refractivity contribution in [3.05, 3.63) is 52.6 Å². The number of aliphatic hydroxyl groups is 1. The molecular weight excluding hydrogens is 338 g/mol. The average molecular weight is 353 g/mol. The summed E-state index contributed by atoms with van der Waals surface area (Å²) in [4.78, 5) is 9.74. The van der Waals surface area contributed by atoms with E-state index in [9.17, 15) is 23.1 Å². The minimum Gasteiger partial charge on any atom is -0.395 e. The quantitative estimate of drug-likeness (QED) is 0.336. The summed E-state index contributed by atoms with van der Waals surface area (Å²) in [6, 6.07) is 10.5. The summed E-state index contributed by atoms with van der Waals surface area (Å²) in [6.07, 6.45) is 0. The fourth-order valence-corrected chi connectivity index (χ4v) is 2.69. The molecule has 4 N–H and O–H groups in total. The van der Waals surface area contributed by atoms with Crippen molar-refractivity contribution < 1.29 is 23.0 Å². The van der Waals surface area contributed by atoms with Crippen molar-refractivity contribution in [2.24, 2.45) is 0 Å². The minimum atomic E-state index is -4.69. The fourth-order valence-electron chi connectivity index (χ4n) is 2.04. The van der Waals surface area contributed by atoms with Crippen LogP contribution in [-0.4, -0.2) is 36.2 Å². The molecule has 0 aliphatic rings. The van der Waals surface area contributed by atoms with Crippen molar-refractivity contribution in [1.29, 1.82) is 0 Å². The Balaban J connectivity index is 2.59. The van der Waals surface area contributed by atoms with E-state index in [1.165, 1.54) is 6.07 Å². The van der Waals surface area contributed by atoms with Gasteiger partial charge in [-0.15, -0.1) is 0 Å². The van der Waals surface area contributed by atoms with Crippen molar-refractivity contribution in [3.8, 4) is 0 Å². The maximum atomic E-state index is 11.6. The van der Waals surface area contributed by atoms with Crippen LogP contribution >= 0.6 is 0 Å². The number of hydrogen-bond donors (Lipinski definition) is 4. The molecule has 2 rings (SSSR count). The van der Waals surface area contributed by atoms with Gasteiger partial charge in [-0.25, -0.2) is 0 Å². The average Bonchev–Trinajstić information content (AvgIpc) is 2.52. The molecule has 2 aromatic carbocycles. The molecule has 0 amide bonds. The highest BCUT2D eigenvalue weighted by Gasteiger charge is 2.24. The second-order valence-corrected chi connectivity index (χ2v) is 6.13. The van der Waals surface area contributed by atoms with Gasteiger partial charge < -0.3 is 15.7 Å². The Morgan fingerprint density at radius 3 is 2.33 bits per heavy atom. The van der Waals surface area contributed by atoms with E-state index in [0.29, 0.717) is 5.69 Å². The topological polar surface area (TPSA) is 142 Å². The first kappa shape index (κ1) is 17.7. The van der Waals surface area contributed by atoms with Gasteiger partial charge >= 0.3 is 0 Å². The predicted molar refractivity (Wildman–Crippen MR) is 88.2 cm³/mol. The first-order chi connectivity index (χ1) is 11.3. The van der Waals surface area contributed by atoms with Crippen LogP contribution in [0.3, 0.4) is 0 Å². The Kier molecular flexibility index (Phi) is 5.34. The van der Waals surface area contributed by atoms with Crippen molar-refractivity contribution >= 4 is 32.9 Å². The van der Waals surface area contributed by atoms with E-state index in [4.69, 9.17) is 5.11 Å². The molecule has 0 aromatic heterocycles. The van der Waals surface area contributed by atoms with Gasteiger partial charge in [0.25, 0.3) is 15.8 Å². The van der Waals surface area contributed by atoms with E-state index in [1.54, 1.807) is 30.3 Å². The molecule has 0 fully saturated rings. The molecule has 0 spiro atoms. The normalized spacial score (nSPS) is 11.1. The zero-order valence-corrected chi connectivity index (χ0v) is 13.2. The highest BCUT2D eigenvalue weighted by atomic mass is 32.2. The molecule has 0 saturated heterocycles. The summed E-state index contributed by atoms with van der Waals surface area (Å²) in [5.74, 6) is 0. The van der Waals surface area contributed by atoms with Gasteiger partial charge in [-0.3, -0.25) is 14.7 Å². The zero-order valence-electron chi connectivity index (χ0n) is 12.3. The molecule has 0 radical (unpaired) electrons. The first-order valence-electron chi connectivity index (χ1n) is 6.79. The van der Waals surface area contributed by atoms with E-state index in [2.05, 4.69) is 10.6 Å². The Hall–Kier alpha value is -2.69. The van der Waals surface area contributed by atoms with Crippen LogP contribution < -0.4 is 10.6 Å². The Morgan fingerprint density at radius 1 is 1.12 bits per heavy atom. The summed E-state index contributed by atoms with van der Waals surface area (Å²) < 4.78 is 32.5. The third-order valence-corrected chi connectivity index (χ3v) is 3.95. The lowest BCUT2D eigenvalue weighted by atomic mass is 10.2. The lowest BCUT2D eigenvalue weighted by Crippen LogP contribution is -2.10. The van der Waals surface area contributed by atoms with Crippen LogP contribution in [0.25, 0.3) is 0 Å². The van der Waals surface area contributed by atoms with Crippen LogP contribution in [-0.2, 0) is 10.1 Å². The first-order valence-corrected chi connectivity index (χ1v) is 8.23. The number of benzene rings is 2. The van der Waals surface area contributed by atoms with E-state index in [1.807, 2.05) is 0 Å². The maximum absolute atomic E-state index is 11.6. The SMILES string of the molecule is O=[N+]([O-])c1cc(S(=O)(=O)O)c(Nc2ccccc2)cc1NCCO. The number of nitro groups is 1. The number of aliphatic hydroxyl groups excluding tert-OH is 1.